The summed E-state index contributed by atoms with van der Waals surface area (Å²) in [7, 11) is 0. The van der Waals surface area contributed by atoms with Crippen LogP contribution in [-0.2, 0) is 10.2 Å². The average molecular weight is 565 g/mol. The van der Waals surface area contributed by atoms with E-state index in [9.17, 15) is 14.4 Å². The lowest BCUT2D eigenvalue weighted by molar-refractivity contribution is -0.122. The van der Waals surface area contributed by atoms with Crippen LogP contribution in [0.2, 0.25) is 10.0 Å². The molecule has 1 N–H and O–H groups in total. The van der Waals surface area contributed by atoms with Crippen molar-refractivity contribution in [1.29, 1.82) is 0 Å². The maximum atomic E-state index is 14.7. The van der Waals surface area contributed by atoms with Gasteiger partial charge in [0.2, 0.25) is 5.91 Å². The molecule has 3 aliphatic heterocycles. The third-order valence-electron chi connectivity index (χ3n) is 8.39. The van der Waals surface area contributed by atoms with Gasteiger partial charge in [0.1, 0.15) is 11.5 Å². The van der Waals surface area contributed by atoms with Crippen LogP contribution in [0, 0.1) is 5.92 Å². The van der Waals surface area contributed by atoms with Crippen LogP contribution in [0.1, 0.15) is 43.4 Å². The summed E-state index contributed by atoms with van der Waals surface area (Å²) in [4.78, 5) is 45.5. The van der Waals surface area contributed by atoms with Crippen molar-refractivity contribution in [1.82, 2.24) is 4.90 Å². The number of nitrogens with one attached hydrogen (secondary N) is 1. The molecule has 0 saturated carbocycles. The van der Waals surface area contributed by atoms with Crippen molar-refractivity contribution in [3.05, 3.63) is 141 Å². The van der Waals surface area contributed by atoms with Crippen LogP contribution in [-0.4, -0.2) is 28.4 Å². The smallest absolute Gasteiger partial charge is 0.238 e. The van der Waals surface area contributed by atoms with Gasteiger partial charge >= 0.3 is 0 Å². The Balaban J connectivity index is 1.55. The van der Waals surface area contributed by atoms with Gasteiger partial charge in [-0.1, -0.05) is 77.8 Å². The summed E-state index contributed by atoms with van der Waals surface area (Å²) in [5.74, 6) is -2.01. The van der Waals surface area contributed by atoms with Crippen LogP contribution in [0.3, 0.4) is 0 Å². The Bertz CT molecular complexity index is 1750. The first kappa shape index (κ1) is 24.8. The maximum absolute atomic E-state index is 14.7. The number of benzene rings is 4. The summed E-state index contributed by atoms with van der Waals surface area (Å²) < 4.78 is 0. The minimum absolute atomic E-state index is 0.292. The highest BCUT2D eigenvalue weighted by Crippen LogP contribution is 2.62. The van der Waals surface area contributed by atoms with E-state index in [2.05, 4.69) is 5.32 Å². The lowest BCUT2D eigenvalue weighted by Crippen LogP contribution is -2.49. The fraction of sp³-hybridized carbons (Fsp3) is 0.121. The van der Waals surface area contributed by atoms with Crippen molar-refractivity contribution in [3.8, 4) is 0 Å². The summed E-state index contributed by atoms with van der Waals surface area (Å²) in [6.45, 7) is 0. The molecule has 4 aromatic rings. The van der Waals surface area contributed by atoms with Gasteiger partial charge in [-0.15, -0.1) is 0 Å². The largest absolute Gasteiger partial charge is 0.358 e. The molecule has 0 radical (unpaired) electrons. The predicted octanol–water partition coefficient (Wildman–Crippen LogP) is 6.98. The second-order valence-corrected chi connectivity index (χ2v) is 11.1. The molecule has 4 atom stereocenters. The Morgan fingerprint density at radius 2 is 1.50 bits per heavy atom. The summed E-state index contributed by atoms with van der Waals surface area (Å²) in [6, 6.07) is 27.0. The topological polar surface area (TPSA) is 66.5 Å². The van der Waals surface area contributed by atoms with E-state index < -0.39 is 23.4 Å². The lowest BCUT2D eigenvalue weighted by atomic mass is 9.62. The summed E-state index contributed by atoms with van der Waals surface area (Å²) in [6.07, 6.45) is 3.78. The number of carbonyl (C=O) groups excluding carboxylic acids is 3. The first-order valence-electron chi connectivity index (χ1n) is 13.0. The third kappa shape index (κ3) is 3.38. The minimum atomic E-state index is -1.39. The first-order chi connectivity index (χ1) is 19.4. The van der Waals surface area contributed by atoms with E-state index >= 15 is 0 Å². The zero-order valence-electron chi connectivity index (χ0n) is 21.1. The molecule has 0 aliphatic carbocycles. The van der Waals surface area contributed by atoms with Crippen LogP contribution >= 0.6 is 23.2 Å². The fourth-order valence-electron chi connectivity index (χ4n) is 6.78. The van der Waals surface area contributed by atoms with Gasteiger partial charge in [0.15, 0.2) is 11.6 Å². The molecule has 3 aliphatic rings. The third-order valence-corrected chi connectivity index (χ3v) is 8.97. The van der Waals surface area contributed by atoms with Crippen molar-refractivity contribution >= 4 is 52.4 Å². The molecular weight excluding hydrogens is 543 g/mol. The van der Waals surface area contributed by atoms with Crippen molar-refractivity contribution in [2.75, 3.05) is 5.32 Å². The number of fused-ring (bicyclic) bond motifs is 6. The standard InChI is InChI=1S/C33H22Cl2N2O3/c34-21-15-13-20(14-16-21)29(38)27-28(30(39)23-9-3-5-11-25(23)35)37-18-17-19-7-1-2-8-22(19)31(37)33(27)24-10-4-6-12-26(24)36-32(33)40/h1-18,27-28,31H,(H,36,40)/t27-,28+,31-,33+/m0/s1. The molecule has 196 valence electrons. The van der Waals surface area contributed by atoms with Gasteiger partial charge in [-0.25, -0.2) is 0 Å². The molecule has 7 rings (SSSR count). The molecule has 0 bridgehead atoms. The average Bonchev–Trinajstić information content (AvgIpc) is 3.45. The van der Waals surface area contributed by atoms with Gasteiger partial charge in [-0.2, -0.15) is 0 Å². The lowest BCUT2D eigenvalue weighted by Gasteiger charge is -2.38. The normalized spacial score (nSPS) is 23.9. The Kier molecular flexibility index (Phi) is 5.70. The monoisotopic (exact) mass is 564 g/mol. The van der Waals surface area contributed by atoms with Gasteiger partial charge in [-0.05, 0) is 65.2 Å². The predicted molar refractivity (Wildman–Crippen MR) is 156 cm³/mol. The molecule has 0 aromatic heterocycles. The molecular formula is C33H22Cl2N2O3. The van der Waals surface area contributed by atoms with Gasteiger partial charge < -0.3 is 10.2 Å². The number of hydrogen-bond donors (Lipinski definition) is 1. The molecule has 1 amide bonds. The van der Waals surface area contributed by atoms with E-state index in [1.54, 1.807) is 48.5 Å². The van der Waals surface area contributed by atoms with Crippen LogP contribution in [0.4, 0.5) is 5.69 Å². The Labute approximate surface area is 241 Å². The van der Waals surface area contributed by atoms with Crippen LogP contribution in [0.15, 0.2) is 103 Å². The Morgan fingerprint density at radius 3 is 2.30 bits per heavy atom. The number of rotatable bonds is 4. The molecule has 4 aromatic carbocycles. The van der Waals surface area contributed by atoms with Crippen LogP contribution < -0.4 is 5.32 Å². The minimum Gasteiger partial charge on any atom is -0.358 e. The van der Waals surface area contributed by atoms with Crippen LogP contribution in [0.25, 0.3) is 6.08 Å². The second-order valence-electron chi connectivity index (χ2n) is 10.3. The molecule has 5 nitrogen and oxygen atoms in total. The number of anilines is 1. The summed E-state index contributed by atoms with van der Waals surface area (Å²) in [5, 5.41) is 3.83. The SMILES string of the molecule is O=C(c1ccc(Cl)cc1)[C@@H]1[C@H](C(=O)c2ccccc2Cl)N2C=Cc3ccccc3[C@H]2[C@]12C(=O)Nc1ccccc12. The number of carbonyl (C=O) groups is 3. The number of hydrogen-bond acceptors (Lipinski definition) is 4. The molecule has 1 saturated heterocycles. The van der Waals surface area contributed by atoms with E-state index in [1.807, 2.05) is 65.7 Å². The molecule has 1 spiro atoms. The van der Waals surface area contributed by atoms with Crippen molar-refractivity contribution in [2.24, 2.45) is 5.92 Å². The van der Waals surface area contributed by atoms with E-state index in [0.717, 1.165) is 11.1 Å². The van der Waals surface area contributed by atoms with Gasteiger partial charge in [0.25, 0.3) is 0 Å². The zero-order chi connectivity index (χ0) is 27.6. The number of halogens is 2. The van der Waals surface area contributed by atoms with E-state index in [-0.39, 0.29) is 17.5 Å². The van der Waals surface area contributed by atoms with Crippen LogP contribution in [0.5, 0.6) is 0 Å². The molecule has 0 unspecified atom stereocenters. The number of nitrogens with zero attached hydrogens (tertiary/aromatic N) is 1. The zero-order valence-corrected chi connectivity index (χ0v) is 22.6. The van der Waals surface area contributed by atoms with E-state index in [4.69, 9.17) is 23.2 Å². The molecule has 7 heteroatoms. The molecule has 1 fully saturated rings. The highest BCUT2D eigenvalue weighted by molar-refractivity contribution is 6.34. The summed E-state index contributed by atoms with van der Waals surface area (Å²) in [5.41, 5.74) is 2.43. The molecule has 40 heavy (non-hydrogen) atoms. The summed E-state index contributed by atoms with van der Waals surface area (Å²) >= 11 is 12.7. The highest BCUT2D eigenvalue weighted by Gasteiger charge is 2.70. The van der Waals surface area contributed by atoms with Gasteiger partial charge in [0.05, 0.1) is 17.0 Å². The fourth-order valence-corrected chi connectivity index (χ4v) is 7.14. The van der Waals surface area contributed by atoms with E-state index in [0.29, 0.717) is 32.4 Å². The number of para-hydroxylation sites is 1. The first-order valence-corrected chi connectivity index (χ1v) is 13.7. The Hall–Kier alpha value is -4.19. The number of Topliss-reactive ketones (excluding diaryl/α,β-unsaturated/α-hetero) is 2. The van der Waals surface area contributed by atoms with Gasteiger partial charge in [-0.3, -0.25) is 14.4 Å². The van der Waals surface area contributed by atoms with Crippen molar-refractivity contribution in [3.63, 3.8) is 0 Å². The molecule has 3 heterocycles. The number of ketones is 2. The quantitative estimate of drug-likeness (QED) is 0.272. The number of amides is 1. The van der Waals surface area contributed by atoms with Crippen molar-refractivity contribution < 1.29 is 14.4 Å². The van der Waals surface area contributed by atoms with E-state index in [1.165, 1.54) is 0 Å². The van der Waals surface area contributed by atoms with Gasteiger partial charge in [0, 0.05) is 28.0 Å². The Morgan fingerprint density at radius 1 is 0.800 bits per heavy atom. The second kappa shape index (κ2) is 9.19. The van der Waals surface area contributed by atoms with Crippen molar-refractivity contribution in [2.45, 2.75) is 17.5 Å². The highest BCUT2D eigenvalue weighted by atomic mass is 35.5. The maximum Gasteiger partial charge on any atom is 0.238 e.